The molecule has 0 atom stereocenters. The summed E-state index contributed by atoms with van der Waals surface area (Å²) in [4.78, 5) is 32.3. The Bertz CT molecular complexity index is 1730. The van der Waals surface area contributed by atoms with E-state index >= 15 is 0 Å². The van der Waals surface area contributed by atoms with Gasteiger partial charge in [-0.2, -0.15) is 0 Å². The molecule has 0 radical (unpaired) electrons. The number of aromatic amines is 1. The zero-order valence-corrected chi connectivity index (χ0v) is 26.2. The highest BCUT2D eigenvalue weighted by Gasteiger charge is 2.32. The molecule has 0 unspecified atom stereocenters. The van der Waals surface area contributed by atoms with Gasteiger partial charge in [-0.15, -0.1) is 0 Å². The lowest BCUT2D eigenvalue weighted by Crippen LogP contribution is -2.38. The van der Waals surface area contributed by atoms with E-state index in [9.17, 15) is 9.59 Å². The second-order valence-corrected chi connectivity index (χ2v) is 12.4. The molecule has 0 bridgehead atoms. The van der Waals surface area contributed by atoms with Crippen LogP contribution in [0.5, 0.6) is 11.5 Å². The summed E-state index contributed by atoms with van der Waals surface area (Å²) in [7, 11) is 0. The lowest BCUT2D eigenvalue weighted by atomic mass is 10.0. The molecule has 2 aliphatic rings. The number of carbonyl (C=O) groups is 2. The van der Waals surface area contributed by atoms with Gasteiger partial charge >= 0.3 is 5.97 Å². The van der Waals surface area contributed by atoms with E-state index < -0.39 is 5.97 Å². The van der Waals surface area contributed by atoms with Crippen LogP contribution < -0.4 is 9.47 Å². The number of amides is 1. The first-order chi connectivity index (χ1) is 21.9. The number of H-pyrrole nitrogens is 1. The fraction of sp³-hybridized carbons (Fsp3) is 0.265. The van der Waals surface area contributed by atoms with Gasteiger partial charge in [0.2, 0.25) is 0 Å². The number of aromatic carboxylic acids is 1. The molecule has 0 saturated carbocycles. The summed E-state index contributed by atoms with van der Waals surface area (Å²) in [6, 6.07) is 20.7. The van der Waals surface area contributed by atoms with Gasteiger partial charge in [0.1, 0.15) is 22.4 Å². The van der Waals surface area contributed by atoms with E-state index in [2.05, 4.69) is 34.1 Å². The standard InChI is InChI=1S/C34H33N3O6S2/c38-32-31(45-34(44)37(32)12-1-16-42-28-7-4-24(5-8-28)33(39)40)22-27-20-25(26-3-2-23-10-11-35-29(23)21-26)6-9-30(27)43-19-15-36-13-17-41-18-14-36/h2-11,20-22,35H,1,12-19H2,(H,39,40)/b31-22-. The number of ether oxygens (including phenoxy) is 3. The van der Waals surface area contributed by atoms with Crippen molar-refractivity contribution in [3.8, 4) is 22.6 Å². The van der Waals surface area contributed by atoms with Gasteiger partial charge in [-0.3, -0.25) is 14.6 Å². The first-order valence-corrected chi connectivity index (χ1v) is 16.0. The van der Waals surface area contributed by atoms with E-state index in [1.165, 1.54) is 23.9 Å². The van der Waals surface area contributed by atoms with Crippen molar-refractivity contribution in [2.75, 3.05) is 52.6 Å². The van der Waals surface area contributed by atoms with Gasteiger partial charge in [0, 0.05) is 43.5 Å². The monoisotopic (exact) mass is 643 g/mol. The molecule has 4 aromatic rings. The van der Waals surface area contributed by atoms with Crippen molar-refractivity contribution in [3.63, 3.8) is 0 Å². The number of nitrogens with zero attached hydrogens (tertiary/aromatic N) is 2. The molecule has 232 valence electrons. The van der Waals surface area contributed by atoms with E-state index in [1.54, 1.807) is 17.0 Å². The topological polar surface area (TPSA) is 104 Å². The Morgan fingerprint density at radius 2 is 1.76 bits per heavy atom. The first kappa shape index (κ1) is 30.8. The van der Waals surface area contributed by atoms with Gasteiger partial charge in [-0.1, -0.05) is 42.2 Å². The van der Waals surface area contributed by atoms with Crippen molar-refractivity contribution in [1.29, 1.82) is 0 Å². The lowest BCUT2D eigenvalue weighted by Gasteiger charge is -2.26. The van der Waals surface area contributed by atoms with Crippen LogP contribution in [0.1, 0.15) is 22.3 Å². The predicted molar refractivity (Wildman–Crippen MR) is 180 cm³/mol. The van der Waals surface area contributed by atoms with E-state index in [4.69, 9.17) is 31.5 Å². The maximum atomic E-state index is 13.5. The molecule has 3 aromatic carbocycles. The highest BCUT2D eigenvalue weighted by molar-refractivity contribution is 8.26. The van der Waals surface area contributed by atoms with E-state index in [1.807, 2.05) is 30.5 Å². The van der Waals surface area contributed by atoms with Gasteiger partial charge in [-0.05, 0) is 77.5 Å². The van der Waals surface area contributed by atoms with Crippen LogP contribution in [0.15, 0.2) is 77.8 Å². The highest BCUT2D eigenvalue weighted by atomic mass is 32.2. The van der Waals surface area contributed by atoms with Gasteiger partial charge in [0.25, 0.3) is 5.91 Å². The molecule has 1 aromatic heterocycles. The molecule has 0 aliphatic carbocycles. The van der Waals surface area contributed by atoms with Gasteiger partial charge in [0.15, 0.2) is 0 Å². The third-order valence-electron chi connectivity index (χ3n) is 7.72. The zero-order valence-electron chi connectivity index (χ0n) is 24.6. The zero-order chi connectivity index (χ0) is 31.2. The summed E-state index contributed by atoms with van der Waals surface area (Å²) in [6.45, 7) is 5.33. The number of carboxylic acid groups (broad SMARTS) is 1. The van der Waals surface area contributed by atoms with Crippen LogP contribution >= 0.6 is 24.0 Å². The molecule has 2 fully saturated rings. The number of carbonyl (C=O) groups excluding carboxylic acids is 1. The normalized spacial score (nSPS) is 16.5. The molecule has 2 aliphatic heterocycles. The fourth-order valence-corrected chi connectivity index (χ4v) is 6.55. The summed E-state index contributed by atoms with van der Waals surface area (Å²) in [5.74, 6) is 0.149. The Kier molecular flexibility index (Phi) is 9.80. The number of aromatic nitrogens is 1. The van der Waals surface area contributed by atoms with Crippen LogP contribution in [0.2, 0.25) is 0 Å². The molecule has 1 amide bonds. The van der Waals surface area contributed by atoms with Crippen molar-refractivity contribution >= 4 is 57.2 Å². The molecular formula is C34H33N3O6S2. The number of hydrogen-bond donors (Lipinski definition) is 2. The molecule has 6 rings (SSSR count). The van der Waals surface area contributed by atoms with Crippen LogP contribution in [0.4, 0.5) is 0 Å². The molecule has 0 spiro atoms. The van der Waals surface area contributed by atoms with Crippen LogP contribution in [0.25, 0.3) is 28.1 Å². The third kappa shape index (κ3) is 7.56. The number of fused-ring (bicyclic) bond motifs is 1. The lowest BCUT2D eigenvalue weighted by molar-refractivity contribution is -0.122. The van der Waals surface area contributed by atoms with Crippen LogP contribution in [-0.2, 0) is 9.53 Å². The molecule has 11 heteroatoms. The summed E-state index contributed by atoms with van der Waals surface area (Å²) >= 11 is 6.87. The number of rotatable bonds is 12. The Morgan fingerprint density at radius 3 is 2.56 bits per heavy atom. The number of carboxylic acids is 1. The Labute approximate surface area is 270 Å². The van der Waals surface area contributed by atoms with Crippen molar-refractivity contribution in [2.45, 2.75) is 6.42 Å². The molecular weight excluding hydrogens is 611 g/mol. The second kappa shape index (κ2) is 14.3. The predicted octanol–water partition coefficient (Wildman–Crippen LogP) is 5.91. The Hall–Kier alpha value is -4.16. The smallest absolute Gasteiger partial charge is 0.335 e. The fourth-order valence-electron chi connectivity index (χ4n) is 5.25. The molecule has 2 saturated heterocycles. The van der Waals surface area contributed by atoms with Crippen molar-refractivity contribution < 1.29 is 28.9 Å². The third-order valence-corrected chi connectivity index (χ3v) is 9.10. The number of benzene rings is 3. The maximum Gasteiger partial charge on any atom is 0.335 e. The molecule has 3 heterocycles. The summed E-state index contributed by atoms with van der Waals surface area (Å²) in [6.07, 6.45) is 4.37. The number of thiocarbonyl (C=S) groups is 1. The minimum absolute atomic E-state index is 0.145. The number of thioether (sulfide) groups is 1. The molecule has 45 heavy (non-hydrogen) atoms. The molecule has 2 N–H and O–H groups in total. The van der Waals surface area contributed by atoms with Crippen molar-refractivity contribution in [1.82, 2.24) is 14.8 Å². The van der Waals surface area contributed by atoms with E-state index in [-0.39, 0.29) is 11.5 Å². The Morgan fingerprint density at radius 1 is 0.978 bits per heavy atom. The summed E-state index contributed by atoms with van der Waals surface area (Å²) in [5.41, 5.74) is 4.15. The van der Waals surface area contributed by atoms with Crippen LogP contribution in [0, 0.1) is 0 Å². The largest absolute Gasteiger partial charge is 0.494 e. The summed E-state index contributed by atoms with van der Waals surface area (Å²) < 4.78 is 18.0. The Balaban J connectivity index is 1.15. The van der Waals surface area contributed by atoms with Gasteiger partial charge < -0.3 is 24.3 Å². The van der Waals surface area contributed by atoms with Gasteiger partial charge in [-0.25, -0.2) is 4.79 Å². The average molecular weight is 644 g/mol. The van der Waals surface area contributed by atoms with Crippen LogP contribution in [0.3, 0.4) is 0 Å². The number of hydrogen-bond acceptors (Lipinski definition) is 8. The minimum atomic E-state index is -0.986. The maximum absolute atomic E-state index is 13.5. The minimum Gasteiger partial charge on any atom is -0.494 e. The summed E-state index contributed by atoms with van der Waals surface area (Å²) in [5, 5.41) is 10.2. The quantitative estimate of drug-likeness (QED) is 0.111. The number of morpholine rings is 1. The van der Waals surface area contributed by atoms with E-state index in [0.29, 0.717) is 46.9 Å². The first-order valence-electron chi connectivity index (χ1n) is 14.8. The van der Waals surface area contributed by atoms with Crippen molar-refractivity contribution in [2.24, 2.45) is 0 Å². The second-order valence-electron chi connectivity index (χ2n) is 10.7. The van der Waals surface area contributed by atoms with Gasteiger partial charge in [0.05, 0.1) is 30.3 Å². The van der Waals surface area contributed by atoms with E-state index in [0.717, 1.165) is 60.4 Å². The van der Waals surface area contributed by atoms with Crippen molar-refractivity contribution in [3.05, 3.63) is 89.0 Å². The SMILES string of the molecule is O=C(O)c1ccc(OCCCN2C(=O)/C(=C/c3cc(-c4ccc5cc[nH]c5c4)ccc3OCCN3CCOCC3)SC2=S)cc1. The van der Waals surface area contributed by atoms with Crippen LogP contribution in [-0.4, -0.2) is 88.7 Å². The highest BCUT2D eigenvalue weighted by Crippen LogP contribution is 2.36. The number of nitrogens with one attached hydrogen (secondary N) is 1. The average Bonchev–Trinajstić information content (AvgIpc) is 3.63. The molecule has 9 nitrogen and oxygen atoms in total.